The summed E-state index contributed by atoms with van der Waals surface area (Å²) in [6.45, 7) is 2.82. The van der Waals surface area contributed by atoms with Crippen LogP contribution in [0.25, 0.3) is 0 Å². The fraction of sp³-hybridized carbons (Fsp3) is 0.923. The lowest BCUT2D eigenvalue weighted by Crippen LogP contribution is -2.35. The van der Waals surface area contributed by atoms with Gasteiger partial charge in [0.25, 0.3) is 0 Å². The third kappa shape index (κ3) is 4.28. The molecule has 2 aliphatic rings. The van der Waals surface area contributed by atoms with E-state index in [1.54, 1.807) is 0 Å². The largest absolute Gasteiger partial charge is 0.393 e. The molecule has 4 nitrogen and oxygen atoms in total. The number of carbonyl (C=O) groups excluding carboxylic acids is 1. The van der Waals surface area contributed by atoms with Gasteiger partial charge in [0, 0.05) is 13.0 Å². The average Bonchev–Trinajstić information content (AvgIpc) is 2.74. The summed E-state index contributed by atoms with van der Waals surface area (Å²) in [6, 6.07) is 0. The summed E-state index contributed by atoms with van der Waals surface area (Å²) in [4.78, 5) is 11.7. The standard InChI is InChI=1S/C13H24N2O2/c16-12-4-3-11(6-12)9-15-13(17)7-10-2-1-5-14-8-10/h10-12,14,16H,1-9H2,(H,15,17). The third-order valence-electron chi connectivity index (χ3n) is 3.97. The second kappa shape index (κ2) is 6.36. The molecule has 3 atom stereocenters. The van der Waals surface area contributed by atoms with Crippen LogP contribution in [0.5, 0.6) is 0 Å². The van der Waals surface area contributed by atoms with Crippen molar-refractivity contribution in [2.45, 2.75) is 44.6 Å². The normalized spacial score (nSPS) is 33.6. The Balaban J connectivity index is 1.60. The van der Waals surface area contributed by atoms with E-state index in [2.05, 4.69) is 10.6 Å². The van der Waals surface area contributed by atoms with Crippen LogP contribution in [0.2, 0.25) is 0 Å². The molecule has 0 aromatic heterocycles. The number of amides is 1. The number of hydrogen-bond acceptors (Lipinski definition) is 3. The molecule has 0 bridgehead atoms. The Morgan fingerprint density at radius 3 is 2.82 bits per heavy atom. The Morgan fingerprint density at radius 1 is 1.29 bits per heavy atom. The molecule has 4 heteroatoms. The summed E-state index contributed by atoms with van der Waals surface area (Å²) in [5.74, 6) is 1.18. The van der Waals surface area contributed by atoms with Crippen molar-refractivity contribution in [2.24, 2.45) is 11.8 Å². The van der Waals surface area contributed by atoms with Crippen molar-refractivity contribution in [1.29, 1.82) is 0 Å². The Kier molecular flexibility index (Phi) is 4.80. The molecule has 1 aliphatic carbocycles. The highest BCUT2D eigenvalue weighted by Crippen LogP contribution is 2.24. The molecule has 1 saturated carbocycles. The molecular formula is C13H24N2O2. The minimum Gasteiger partial charge on any atom is -0.393 e. The summed E-state index contributed by atoms with van der Waals surface area (Å²) in [7, 11) is 0. The zero-order valence-corrected chi connectivity index (χ0v) is 10.5. The molecule has 17 heavy (non-hydrogen) atoms. The zero-order chi connectivity index (χ0) is 12.1. The van der Waals surface area contributed by atoms with Crippen LogP contribution in [0.4, 0.5) is 0 Å². The van der Waals surface area contributed by atoms with Crippen molar-refractivity contribution in [3.8, 4) is 0 Å². The number of aliphatic hydroxyl groups excluding tert-OH is 1. The maximum atomic E-state index is 11.7. The Bertz CT molecular complexity index is 252. The van der Waals surface area contributed by atoms with Crippen LogP contribution >= 0.6 is 0 Å². The Hall–Kier alpha value is -0.610. The molecule has 1 aliphatic heterocycles. The van der Waals surface area contributed by atoms with Gasteiger partial charge in [0.05, 0.1) is 6.10 Å². The molecule has 0 radical (unpaired) electrons. The van der Waals surface area contributed by atoms with Gasteiger partial charge in [-0.25, -0.2) is 0 Å². The van der Waals surface area contributed by atoms with Crippen molar-refractivity contribution in [3.63, 3.8) is 0 Å². The van der Waals surface area contributed by atoms with Crippen LogP contribution in [0.15, 0.2) is 0 Å². The second-order valence-corrected chi connectivity index (χ2v) is 5.55. The summed E-state index contributed by atoms with van der Waals surface area (Å²) in [5.41, 5.74) is 0. The van der Waals surface area contributed by atoms with Gasteiger partial charge in [-0.1, -0.05) is 0 Å². The molecule has 2 fully saturated rings. The maximum absolute atomic E-state index is 11.7. The lowest BCUT2D eigenvalue weighted by Gasteiger charge is -2.22. The van der Waals surface area contributed by atoms with Gasteiger partial charge in [0.1, 0.15) is 0 Å². The predicted molar refractivity (Wildman–Crippen MR) is 66.6 cm³/mol. The van der Waals surface area contributed by atoms with Gasteiger partial charge >= 0.3 is 0 Å². The van der Waals surface area contributed by atoms with Crippen molar-refractivity contribution < 1.29 is 9.90 Å². The molecule has 2 rings (SSSR count). The minimum atomic E-state index is -0.139. The topological polar surface area (TPSA) is 61.4 Å². The number of rotatable bonds is 4. The molecular weight excluding hydrogens is 216 g/mol. The smallest absolute Gasteiger partial charge is 0.220 e. The highest BCUT2D eigenvalue weighted by Gasteiger charge is 2.23. The zero-order valence-electron chi connectivity index (χ0n) is 10.5. The fourth-order valence-electron chi connectivity index (χ4n) is 2.92. The number of carbonyl (C=O) groups is 1. The van der Waals surface area contributed by atoms with Crippen molar-refractivity contribution in [1.82, 2.24) is 10.6 Å². The van der Waals surface area contributed by atoms with E-state index in [1.165, 1.54) is 12.8 Å². The van der Waals surface area contributed by atoms with E-state index >= 15 is 0 Å². The molecule has 1 amide bonds. The van der Waals surface area contributed by atoms with E-state index in [0.717, 1.165) is 38.9 Å². The van der Waals surface area contributed by atoms with Crippen LogP contribution in [0, 0.1) is 11.8 Å². The molecule has 0 aromatic rings. The molecule has 3 unspecified atom stereocenters. The molecule has 0 spiro atoms. The Morgan fingerprint density at radius 2 is 2.18 bits per heavy atom. The van der Waals surface area contributed by atoms with Crippen LogP contribution < -0.4 is 10.6 Å². The molecule has 1 saturated heterocycles. The third-order valence-corrected chi connectivity index (χ3v) is 3.97. The first-order chi connectivity index (χ1) is 8.24. The number of piperidine rings is 1. The second-order valence-electron chi connectivity index (χ2n) is 5.55. The lowest BCUT2D eigenvalue weighted by molar-refractivity contribution is -0.122. The highest BCUT2D eigenvalue weighted by molar-refractivity contribution is 5.76. The predicted octanol–water partition coefficient (Wildman–Crippen LogP) is 0.653. The van der Waals surface area contributed by atoms with E-state index in [0.29, 0.717) is 18.3 Å². The molecule has 1 heterocycles. The number of aliphatic hydroxyl groups is 1. The molecule has 3 N–H and O–H groups in total. The quantitative estimate of drug-likeness (QED) is 0.676. The van der Waals surface area contributed by atoms with E-state index in [-0.39, 0.29) is 12.0 Å². The Labute approximate surface area is 103 Å². The van der Waals surface area contributed by atoms with Crippen molar-refractivity contribution in [3.05, 3.63) is 0 Å². The van der Waals surface area contributed by atoms with Gasteiger partial charge in [-0.2, -0.15) is 0 Å². The summed E-state index contributed by atoms with van der Waals surface area (Å²) >= 11 is 0. The van der Waals surface area contributed by atoms with Gasteiger partial charge in [0.2, 0.25) is 5.91 Å². The first-order valence-electron chi connectivity index (χ1n) is 6.89. The summed E-state index contributed by atoms with van der Waals surface area (Å²) in [6.07, 6.45) is 5.67. The maximum Gasteiger partial charge on any atom is 0.220 e. The molecule has 98 valence electrons. The van der Waals surface area contributed by atoms with Gasteiger partial charge < -0.3 is 15.7 Å². The van der Waals surface area contributed by atoms with Crippen LogP contribution in [-0.4, -0.2) is 36.8 Å². The van der Waals surface area contributed by atoms with Gasteiger partial charge in [-0.05, 0) is 57.0 Å². The first kappa shape index (κ1) is 12.8. The van der Waals surface area contributed by atoms with E-state index < -0.39 is 0 Å². The van der Waals surface area contributed by atoms with Crippen LogP contribution in [0.3, 0.4) is 0 Å². The van der Waals surface area contributed by atoms with Crippen molar-refractivity contribution in [2.75, 3.05) is 19.6 Å². The summed E-state index contributed by atoms with van der Waals surface area (Å²) in [5, 5.41) is 15.7. The van der Waals surface area contributed by atoms with Crippen molar-refractivity contribution >= 4 is 5.91 Å². The SMILES string of the molecule is O=C(CC1CCCNC1)NCC1CCC(O)C1. The monoisotopic (exact) mass is 240 g/mol. The lowest BCUT2D eigenvalue weighted by atomic mass is 9.96. The van der Waals surface area contributed by atoms with Crippen LogP contribution in [-0.2, 0) is 4.79 Å². The number of nitrogens with one attached hydrogen (secondary N) is 2. The highest BCUT2D eigenvalue weighted by atomic mass is 16.3. The van der Waals surface area contributed by atoms with E-state index in [1.807, 2.05) is 0 Å². The minimum absolute atomic E-state index is 0.139. The van der Waals surface area contributed by atoms with Gasteiger partial charge in [0.15, 0.2) is 0 Å². The van der Waals surface area contributed by atoms with E-state index in [9.17, 15) is 9.90 Å². The van der Waals surface area contributed by atoms with Gasteiger partial charge in [-0.3, -0.25) is 4.79 Å². The van der Waals surface area contributed by atoms with Crippen LogP contribution in [0.1, 0.15) is 38.5 Å². The fourth-order valence-corrected chi connectivity index (χ4v) is 2.92. The van der Waals surface area contributed by atoms with Gasteiger partial charge in [-0.15, -0.1) is 0 Å². The average molecular weight is 240 g/mol. The van der Waals surface area contributed by atoms with E-state index in [4.69, 9.17) is 0 Å². The summed E-state index contributed by atoms with van der Waals surface area (Å²) < 4.78 is 0. The first-order valence-corrected chi connectivity index (χ1v) is 6.89. The molecule has 0 aromatic carbocycles. The number of hydrogen-bond donors (Lipinski definition) is 3.